The highest BCUT2D eigenvalue weighted by molar-refractivity contribution is 5.19. The Hall–Kier alpha value is -1.33. The third kappa shape index (κ3) is 3.27. The fraction of sp³-hybridized carbons (Fsp3) is 0.429. The normalized spacial score (nSPS) is 11.4. The van der Waals surface area contributed by atoms with Crippen molar-refractivity contribution in [3.63, 3.8) is 0 Å². The Kier molecular flexibility index (Phi) is 2.69. The van der Waals surface area contributed by atoms with E-state index in [0.717, 1.165) is 0 Å². The molecule has 1 aromatic heterocycles. The van der Waals surface area contributed by atoms with Crippen LogP contribution >= 0.6 is 0 Å². The molecule has 71 valence electrons. The zero-order valence-electron chi connectivity index (χ0n) is 6.72. The number of aromatic nitrogens is 2. The SMILES string of the molecule is Cc1cn[c]nc1OCC(F)(F)F. The van der Waals surface area contributed by atoms with Gasteiger partial charge in [0.05, 0.1) is 0 Å². The van der Waals surface area contributed by atoms with Crippen LogP contribution in [0.2, 0.25) is 0 Å². The van der Waals surface area contributed by atoms with Gasteiger partial charge in [0.1, 0.15) is 0 Å². The van der Waals surface area contributed by atoms with Gasteiger partial charge in [0.25, 0.3) is 0 Å². The summed E-state index contributed by atoms with van der Waals surface area (Å²) in [5.41, 5.74) is 0.447. The second-order valence-corrected chi connectivity index (χ2v) is 2.36. The summed E-state index contributed by atoms with van der Waals surface area (Å²) in [4.78, 5) is 6.91. The van der Waals surface area contributed by atoms with E-state index in [1.165, 1.54) is 6.20 Å². The van der Waals surface area contributed by atoms with Gasteiger partial charge in [-0.3, -0.25) is 0 Å². The van der Waals surface area contributed by atoms with Gasteiger partial charge in [0.2, 0.25) is 12.2 Å². The largest absolute Gasteiger partial charge is 0.468 e. The standard InChI is InChI=1S/C7H6F3N2O/c1-5-2-11-4-12-6(5)13-3-7(8,9)10/h2H,3H2,1H3. The number of hydrogen-bond acceptors (Lipinski definition) is 3. The minimum Gasteiger partial charge on any atom is -0.468 e. The number of rotatable bonds is 2. The van der Waals surface area contributed by atoms with E-state index in [1.54, 1.807) is 6.92 Å². The number of alkyl halides is 3. The molecule has 0 spiro atoms. The van der Waals surface area contributed by atoms with Crippen molar-refractivity contribution >= 4 is 0 Å². The van der Waals surface area contributed by atoms with Gasteiger partial charge in [-0.15, -0.1) is 0 Å². The van der Waals surface area contributed by atoms with Crippen LogP contribution < -0.4 is 4.74 Å². The maximum Gasteiger partial charge on any atom is 0.422 e. The molecule has 1 heterocycles. The molecule has 0 amide bonds. The van der Waals surface area contributed by atoms with E-state index in [2.05, 4.69) is 21.0 Å². The van der Waals surface area contributed by atoms with E-state index in [4.69, 9.17) is 0 Å². The van der Waals surface area contributed by atoms with Crippen molar-refractivity contribution in [2.24, 2.45) is 0 Å². The molecule has 0 fully saturated rings. The molecule has 13 heavy (non-hydrogen) atoms. The Morgan fingerprint density at radius 1 is 1.54 bits per heavy atom. The first kappa shape index (κ1) is 9.76. The lowest BCUT2D eigenvalue weighted by Crippen LogP contribution is -2.20. The summed E-state index contributed by atoms with van der Waals surface area (Å²) >= 11 is 0. The Labute approximate surface area is 72.6 Å². The van der Waals surface area contributed by atoms with Crippen LogP contribution in [-0.2, 0) is 0 Å². The zero-order valence-corrected chi connectivity index (χ0v) is 6.72. The molecule has 0 aliphatic carbocycles. The molecule has 6 heteroatoms. The Morgan fingerprint density at radius 2 is 2.23 bits per heavy atom. The number of hydrogen-bond donors (Lipinski definition) is 0. The van der Waals surface area contributed by atoms with E-state index < -0.39 is 12.8 Å². The average molecular weight is 191 g/mol. The molecule has 0 atom stereocenters. The van der Waals surface area contributed by atoms with Crippen molar-refractivity contribution in [1.29, 1.82) is 0 Å². The van der Waals surface area contributed by atoms with Gasteiger partial charge in [-0.1, -0.05) is 0 Å². The van der Waals surface area contributed by atoms with Gasteiger partial charge in [-0.25, -0.2) is 4.98 Å². The first-order valence-corrected chi connectivity index (χ1v) is 3.38. The summed E-state index contributed by atoms with van der Waals surface area (Å²) in [6.45, 7) is 0.207. The maximum absolute atomic E-state index is 11.7. The predicted molar refractivity (Wildman–Crippen MR) is 37.2 cm³/mol. The molecule has 0 saturated carbocycles. The van der Waals surface area contributed by atoms with Crippen molar-refractivity contribution < 1.29 is 17.9 Å². The van der Waals surface area contributed by atoms with Gasteiger partial charge in [0.15, 0.2) is 6.61 Å². The first-order chi connectivity index (χ1) is 5.99. The van der Waals surface area contributed by atoms with Crippen LogP contribution in [0.1, 0.15) is 5.56 Å². The highest BCUT2D eigenvalue weighted by Crippen LogP contribution is 2.18. The fourth-order valence-electron chi connectivity index (χ4n) is 0.640. The molecule has 1 aromatic rings. The molecule has 0 bridgehead atoms. The van der Waals surface area contributed by atoms with Crippen molar-refractivity contribution in [3.05, 3.63) is 18.1 Å². The molecule has 0 unspecified atom stereocenters. The summed E-state index contributed by atoms with van der Waals surface area (Å²) in [5.74, 6) is -0.0904. The number of nitrogens with zero attached hydrogens (tertiary/aromatic N) is 2. The van der Waals surface area contributed by atoms with Gasteiger partial charge < -0.3 is 4.74 Å². The second kappa shape index (κ2) is 3.59. The molecule has 0 N–H and O–H groups in total. The Balaban J connectivity index is 2.60. The highest BCUT2D eigenvalue weighted by atomic mass is 19.4. The van der Waals surface area contributed by atoms with Crippen molar-refractivity contribution in [2.75, 3.05) is 6.61 Å². The summed E-state index contributed by atoms with van der Waals surface area (Å²) in [5, 5.41) is 0. The number of ether oxygens (including phenoxy) is 1. The molecule has 0 aromatic carbocycles. The van der Waals surface area contributed by atoms with Crippen LogP contribution in [0.15, 0.2) is 6.20 Å². The number of halogens is 3. The minimum atomic E-state index is -4.35. The smallest absolute Gasteiger partial charge is 0.422 e. The summed E-state index contributed by atoms with van der Waals surface area (Å²) in [6, 6.07) is 0. The maximum atomic E-state index is 11.7. The molecular formula is C7H6F3N2O. The van der Waals surface area contributed by atoms with Gasteiger partial charge in [-0.05, 0) is 6.92 Å². The second-order valence-electron chi connectivity index (χ2n) is 2.36. The average Bonchev–Trinajstić information content (AvgIpc) is 2.01. The minimum absolute atomic E-state index is 0.0904. The zero-order chi connectivity index (χ0) is 9.90. The lowest BCUT2D eigenvalue weighted by molar-refractivity contribution is -0.154. The lowest BCUT2D eigenvalue weighted by atomic mass is 10.4. The van der Waals surface area contributed by atoms with E-state index in [9.17, 15) is 13.2 Å². The third-order valence-electron chi connectivity index (χ3n) is 1.18. The van der Waals surface area contributed by atoms with E-state index >= 15 is 0 Å². The summed E-state index contributed by atoms with van der Waals surface area (Å²) < 4.78 is 39.5. The Morgan fingerprint density at radius 3 is 2.77 bits per heavy atom. The highest BCUT2D eigenvalue weighted by Gasteiger charge is 2.28. The lowest BCUT2D eigenvalue weighted by Gasteiger charge is -2.08. The summed E-state index contributed by atoms with van der Waals surface area (Å²) in [6.07, 6.45) is -0.872. The van der Waals surface area contributed by atoms with E-state index in [-0.39, 0.29) is 5.88 Å². The van der Waals surface area contributed by atoms with Gasteiger partial charge in [0, 0.05) is 11.8 Å². The van der Waals surface area contributed by atoms with E-state index in [1.807, 2.05) is 0 Å². The molecule has 1 radical (unpaired) electrons. The number of aryl methyl sites for hydroxylation is 1. The molecule has 0 saturated heterocycles. The van der Waals surface area contributed by atoms with Crippen molar-refractivity contribution in [3.8, 4) is 5.88 Å². The topological polar surface area (TPSA) is 35.0 Å². The molecule has 0 aliphatic heterocycles. The van der Waals surface area contributed by atoms with Gasteiger partial charge in [-0.2, -0.15) is 18.2 Å². The van der Waals surface area contributed by atoms with Crippen molar-refractivity contribution in [1.82, 2.24) is 9.97 Å². The third-order valence-corrected chi connectivity index (χ3v) is 1.18. The van der Waals surface area contributed by atoms with Crippen LogP contribution in [0.4, 0.5) is 13.2 Å². The monoisotopic (exact) mass is 191 g/mol. The molecular weight excluding hydrogens is 185 g/mol. The van der Waals surface area contributed by atoms with Crippen molar-refractivity contribution in [2.45, 2.75) is 13.1 Å². The van der Waals surface area contributed by atoms with Crippen LogP contribution in [0.25, 0.3) is 0 Å². The van der Waals surface area contributed by atoms with Crippen LogP contribution in [0.5, 0.6) is 5.88 Å². The van der Waals surface area contributed by atoms with Crippen LogP contribution in [0, 0.1) is 13.3 Å². The molecule has 0 aliphatic rings. The molecule has 1 rings (SSSR count). The first-order valence-electron chi connectivity index (χ1n) is 3.38. The van der Waals surface area contributed by atoms with E-state index in [0.29, 0.717) is 5.56 Å². The Bertz CT molecular complexity index is 287. The summed E-state index contributed by atoms with van der Waals surface area (Å²) in [7, 11) is 0. The quantitative estimate of drug-likeness (QED) is 0.710. The predicted octanol–water partition coefficient (Wildman–Crippen LogP) is 1.53. The van der Waals surface area contributed by atoms with Crippen LogP contribution in [0.3, 0.4) is 0 Å². The fourth-order valence-corrected chi connectivity index (χ4v) is 0.640. The molecule has 3 nitrogen and oxygen atoms in total. The van der Waals surface area contributed by atoms with Gasteiger partial charge >= 0.3 is 6.18 Å². The van der Waals surface area contributed by atoms with Crippen LogP contribution in [-0.4, -0.2) is 22.8 Å².